The molecule has 3 aliphatic rings. The summed E-state index contributed by atoms with van der Waals surface area (Å²) in [4.78, 5) is 33.7. The fourth-order valence-corrected chi connectivity index (χ4v) is 5.30. The number of imidazole rings is 1. The summed E-state index contributed by atoms with van der Waals surface area (Å²) in [6.45, 7) is 1.48. The molecule has 0 radical (unpaired) electrons. The molecule has 0 unspecified atom stereocenters. The van der Waals surface area contributed by atoms with E-state index in [0.29, 0.717) is 17.3 Å². The quantitative estimate of drug-likeness (QED) is 0.685. The summed E-state index contributed by atoms with van der Waals surface area (Å²) in [6, 6.07) is 4.09. The molecule has 0 atom stereocenters. The highest BCUT2D eigenvalue weighted by molar-refractivity contribution is 6.00. The van der Waals surface area contributed by atoms with E-state index in [2.05, 4.69) is 15.4 Å². The van der Waals surface area contributed by atoms with Crippen LogP contribution in [-0.4, -0.2) is 67.1 Å². The summed E-state index contributed by atoms with van der Waals surface area (Å²) in [5.41, 5.74) is 2.85. The van der Waals surface area contributed by atoms with Crippen LogP contribution in [0.2, 0.25) is 0 Å². The van der Waals surface area contributed by atoms with Crippen LogP contribution < -0.4 is 5.32 Å². The minimum atomic E-state index is -0.122. The molecule has 1 saturated heterocycles. The molecule has 9 heteroatoms. The maximum absolute atomic E-state index is 13.0. The van der Waals surface area contributed by atoms with E-state index in [4.69, 9.17) is 0 Å². The Morgan fingerprint density at radius 3 is 2.75 bits per heavy atom. The minimum Gasteiger partial charge on any atom is -0.337 e. The normalized spacial score (nSPS) is 19.6. The Hall–Kier alpha value is -3.36. The number of nitrogens with one attached hydrogen (secondary N) is 1. The molecule has 0 bridgehead atoms. The van der Waals surface area contributed by atoms with Crippen LogP contribution in [0.25, 0.3) is 5.65 Å². The molecule has 2 saturated carbocycles. The van der Waals surface area contributed by atoms with E-state index in [0.717, 1.165) is 31.6 Å². The van der Waals surface area contributed by atoms with Gasteiger partial charge in [-0.3, -0.25) is 10.1 Å². The van der Waals surface area contributed by atoms with Crippen LogP contribution in [0.4, 0.5) is 10.6 Å². The lowest BCUT2D eigenvalue weighted by Crippen LogP contribution is -2.67. The van der Waals surface area contributed by atoms with Crippen molar-refractivity contribution in [3.8, 4) is 0 Å². The Balaban J connectivity index is 1.03. The molecule has 9 nitrogen and oxygen atoms in total. The third-order valence-electron chi connectivity index (χ3n) is 7.38. The second kappa shape index (κ2) is 6.82. The zero-order valence-electron chi connectivity index (χ0n) is 18.4. The van der Waals surface area contributed by atoms with Gasteiger partial charge in [0.25, 0.3) is 5.91 Å². The molecule has 2 aliphatic carbocycles. The first-order valence-corrected chi connectivity index (χ1v) is 11.2. The average Bonchev–Trinajstić information content (AvgIpc) is 3.39. The molecule has 3 aromatic heterocycles. The van der Waals surface area contributed by atoms with Crippen LogP contribution in [0, 0.1) is 5.41 Å². The number of aryl methyl sites for hydroxylation is 1. The molecule has 166 valence electrons. The van der Waals surface area contributed by atoms with Gasteiger partial charge >= 0.3 is 6.03 Å². The van der Waals surface area contributed by atoms with E-state index in [-0.39, 0.29) is 23.4 Å². The van der Waals surface area contributed by atoms with Crippen LogP contribution in [0.1, 0.15) is 47.5 Å². The van der Waals surface area contributed by atoms with Gasteiger partial charge in [-0.05, 0) is 49.3 Å². The first-order valence-electron chi connectivity index (χ1n) is 11.2. The van der Waals surface area contributed by atoms with E-state index in [1.807, 2.05) is 48.1 Å². The summed E-state index contributed by atoms with van der Waals surface area (Å²) in [5.74, 6) is 1.28. The van der Waals surface area contributed by atoms with E-state index in [1.165, 1.54) is 18.4 Å². The van der Waals surface area contributed by atoms with Gasteiger partial charge in [0.05, 0.1) is 6.20 Å². The number of urea groups is 1. The van der Waals surface area contributed by atoms with Crippen molar-refractivity contribution in [1.29, 1.82) is 0 Å². The number of likely N-dealkylation sites (tertiary alicyclic amines) is 1. The van der Waals surface area contributed by atoms with Gasteiger partial charge < -0.3 is 14.4 Å². The number of anilines is 1. The van der Waals surface area contributed by atoms with Crippen LogP contribution in [0.5, 0.6) is 0 Å². The van der Waals surface area contributed by atoms with Gasteiger partial charge in [0.2, 0.25) is 0 Å². The minimum absolute atomic E-state index is 0.0311. The summed E-state index contributed by atoms with van der Waals surface area (Å²) in [5, 5.41) is 7.21. The molecule has 0 aromatic carbocycles. The second-order valence-electron chi connectivity index (χ2n) is 9.75. The van der Waals surface area contributed by atoms with Crippen molar-refractivity contribution in [2.45, 2.75) is 37.6 Å². The monoisotopic (exact) mass is 433 g/mol. The maximum atomic E-state index is 13.0. The smallest absolute Gasteiger partial charge is 0.322 e. The molecule has 1 aliphatic heterocycles. The van der Waals surface area contributed by atoms with Crippen LogP contribution in [-0.2, 0) is 7.05 Å². The number of rotatable bonds is 4. The van der Waals surface area contributed by atoms with Crippen molar-refractivity contribution in [2.24, 2.45) is 12.5 Å². The van der Waals surface area contributed by atoms with Gasteiger partial charge in [0.1, 0.15) is 17.0 Å². The SMILES string of the molecule is CN(C(=O)Nc1cc(C2CC2)ccn1)C1CC2(C1)CN(C(=O)c1cnn3ccn(C)c13)C2. The highest BCUT2D eigenvalue weighted by Crippen LogP contribution is 2.50. The lowest BCUT2D eigenvalue weighted by atomic mass is 9.60. The fourth-order valence-electron chi connectivity index (χ4n) is 5.30. The summed E-state index contributed by atoms with van der Waals surface area (Å²) in [6.07, 6.45) is 11.4. The number of amides is 3. The lowest BCUT2D eigenvalue weighted by Gasteiger charge is -2.60. The van der Waals surface area contributed by atoms with Gasteiger partial charge in [-0.2, -0.15) is 5.10 Å². The number of hydrogen-bond acceptors (Lipinski definition) is 4. The number of aromatic nitrogens is 4. The lowest BCUT2D eigenvalue weighted by molar-refractivity contribution is -0.0787. The van der Waals surface area contributed by atoms with Gasteiger partial charge in [0, 0.05) is 57.2 Å². The number of hydrogen-bond donors (Lipinski definition) is 1. The van der Waals surface area contributed by atoms with Crippen molar-refractivity contribution in [3.63, 3.8) is 0 Å². The number of carbonyl (C=O) groups excluding carboxylic acids is 2. The summed E-state index contributed by atoms with van der Waals surface area (Å²) < 4.78 is 3.64. The average molecular weight is 434 g/mol. The zero-order chi connectivity index (χ0) is 22.0. The molecule has 32 heavy (non-hydrogen) atoms. The molecular formula is C23H27N7O2. The highest BCUT2D eigenvalue weighted by atomic mass is 16.2. The molecular weight excluding hydrogens is 406 g/mol. The Bertz CT molecular complexity index is 1210. The first-order chi connectivity index (χ1) is 15.4. The molecule has 4 heterocycles. The van der Waals surface area contributed by atoms with Gasteiger partial charge in [-0.25, -0.2) is 14.3 Å². The standard InChI is InChI=1S/C23H27N7O2/c1-27-7-8-30-20(27)18(12-25-30)21(31)29-13-23(14-29)10-17(11-23)28(2)22(32)26-19-9-16(5-6-24-19)15-3-4-15/h5-9,12,15,17H,3-4,10-11,13-14H2,1-2H3,(H,24,26,32). The van der Waals surface area contributed by atoms with Crippen molar-refractivity contribution >= 4 is 23.4 Å². The molecule has 3 amide bonds. The molecule has 6 rings (SSSR count). The third kappa shape index (κ3) is 3.06. The van der Waals surface area contributed by atoms with Crippen LogP contribution in [0.3, 0.4) is 0 Å². The van der Waals surface area contributed by atoms with Crippen molar-refractivity contribution in [2.75, 3.05) is 25.5 Å². The molecule has 1 spiro atoms. The van der Waals surface area contributed by atoms with Gasteiger partial charge in [-0.15, -0.1) is 0 Å². The Morgan fingerprint density at radius 2 is 2.00 bits per heavy atom. The maximum Gasteiger partial charge on any atom is 0.322 e. The van der Waals surface area contributed by atoms with E-state index in [9.17, 15) is 9.59 Å². The van der Waals surface area contributed by atoms with E-state index < -0.39 is 0 Å². The largest absolute Gasteiger partial charge is 0.337 e. The Morgan fingerprint density at radius 1 is 1.22 bits per heavy atom. The van der Waals surface area contributed by atoms with E-state index >= 15 is 0 Å². The van der Waals surface area contributed by atoms with Gasteiger partial charge in [-0.1, -0.05) is 0 Å². The van der Waals surface area contributed by atoms with Crippen molar-refractivity contribution < 1.29 is 9.59 Å². The topological polar surface area (TPSA) is 87.8 Å². The Labute approximate surface area is 186 Å². The molecule has 1 N–H and O–H groups in total. The molecule has 3 fully saturated rings. The van der Waals surface area contributed by atoms with Gasteiger partial charge in [0.15, 0.2) is 0 Å². The zero-order valence-corrected chi connectivity index (χ0v) is 18.4. The van der Waals surface area contributed by atoms with Crippen molar-refractivity contribution in [3.05, 3.63) is 48.0 Å². The number of pyridine rings is 1. The number of fused-ring (bicyclic) bond motifs is 1. The predicted octanol–water partition coefficient (Wildman–Crippen LogP) is 2.71. The van der Waals surface area contributed by atoms with E-state index in [1.54, 1.807) is 21.8 Å². The van der Waals surface area contributed by atoms with Crippen LogP contribution in [0.15, 0.2) is 36.9 Å². The number of nitrogens with zero attached hydrogens (tertiary/aromatic N) is 6. The Kier molecular flexibility index (Phi) is 4.12. The van der Waals surface area contributed by atoms with Crippen molar-refractivity contribution in [1.82, 2.24) is 29.0 Å². The first kappa shape index (κ1) is 19.3. The third-order valence-corrected chi connectivity index (χ3v) is 7.38. The molecule has 3 aromatic rings. The summed E-state index contributed by atoms with van der Waals surface area (Å²) >= 11 is 0. The summed E-state index contributed by atoms with van der Waals surface area (Å²) in [7, 11) is 3.76. The highest BCUT2D eigenvalue weighted by Gasteiger charge is 2.55. The fraction of sp³-hybridized carbons (Fsp3) is 0.478. The number of carbonyl (C=O) groups is 2. The second-order valence-corrected chi connectivity index (χ2v) is 9.75. The predicted molar refractivity (Wildman–Crippen MR) is 119 cm³/mol. The van der Waals surface area contributed by atoms with Crippen LogP contribution >= 0.6 is 0 Å².